The Morgan fingerprint density at radius 1 is 0.923 bits per heavy atom. The number of hydrogen-bond donors (Lipinski definition) is 1. The lowest BCUT2D eigenvalue weighted by Gasteiger charge is -2.09. The minimum Gasteiger partial charge on any atom is -0.497 e. The van der Waals surface area contributed by atoms with Crippen LogP contribution in [0.3, 0.4) is 0 Å². The van der Waals surface area contributed by atoms with E-state index in [1.165, 1.54) is 14.2 Å². The van der Waals surface area contributed by atoms with Gasteiger partial charge in [-0.2, -0.15) is 0 Å². The minimum absolute atomic E-state index is 0.252. The maximum Gasteiger partial charge on any atom is 0.258 e. The number of nitrogens with one attached hydrogen (secondary N) is 1. The smallest absolute Gasteiger partial charge is 0.258 e. The second kappa shape index (κ2) is 7.60. The van der Waals surface area contributed by atoms with E-state index in [0.717, 1.165) is 11.3 Å². The van der Waals surface area contributed by atoms with Gasteiger partial charge in [0.25, 0.3) is 5.91 Å². The molecule has 2 aromatic carbocycles. The van der Waals surface area contributed by atoms with Crippen molar-refractivity contribution in [3.8, 4) is 28.4 Å². The first kappa shape index (κ1) is 17.3. The average Bonchev–Trinajstić information content (AvgIpc) is 3.15. The number of amides is 1. The van der Waals surface area contributed by atoms with Crippen molar-refractivity contribution in [3.63, 3.8) is 0 Å². The number of carbonyl (C=O) groups excluding carboxylic acids is 1. The molecule has 0 aliphatic carbocycles. The van der Waals surface area contributed by atoms with Gasteiger partial charge in [-0.1, -0.05) is 17.3 Å². The summed E-state index contributed by atoms with van der Waals surface area (Å²) < 4.78 is 20.7. The minimum atomic E-state index is -0.367. The molecule has 0 bridgehead atoms. The van der Waals surface area contributed by atoms with E-state index in [1.807, 2.05) is 24.3 Å². The number of ether oxygens (including phenoxy) is 3. The molecule has 134 valence electrons. The fraction of sp³-hybridized carbons (Fsp3) is 0.158. The number of benzene rings is 2. The van der Waals surface area contributed by atoms with Crippen molar-refractivity contribution < 1.29 is 23.5 Å². The Morgan fingerprint density at radius 3 is 2.12 bits per heavy atom. The number of hydrogen-bond acceptors (Lipinski definition) is 6. The summed E-state index contributed by atoms with van der Waals surface area (Å²) >= 11 is 0. The topological polar surface area (TPSA) is 82.8 Å². The molecule has 1 N–H and O–H groups in total. The quantitative estimate of drug-likeness (QED) is 0.728. The summed E-state index contributed by atoms with van der Waals surface area (Å²) in [5.74, 6) is 1.65. The van der Waals surface area contributed by atoms with Crippen LogP contribution in [0.15, 0.2) is 53.2 Å². The van der Waals surface area contributed by atoms with E-state index in [4.69, 9.17) is 18.7 Å². The second-order valence-electron chi connectivity index (χ2n) is 5.35. The van der Waals surface area contributed by atoms with Gasteiger partial charge >= 0.3 is 0 Å². The zero-order valence-electron chi connectivity index (χ0n) is 14.6. The molecule has 0 aliphatic rings. The molecule has 1 amide bonds. The monoisotopic (exact) mass is 354 g/mol. The van der Waals surface area contributed by atoms with Crippen LogP contribution in [0.4, 0.5) is 5.88 Å². The first-order valence-corrected chi connectivity index (χ1v) is 7.78. The van der Waals surface area contributed by atoms with Gasteiger partial charge in [-0.3, -0.25) is 10.1 Å². The molecule has 0 atom stereocenters. The first-order chi connectivity index (χ1) is 12.6. The van der Waals surface area contributed by atoms with Crippen LogP contribution in [0, 0.1) is 0 Å². The zero-order chi connectivity index (χ0) is 18.5. The van der Waals surface area contributed by atoms with Crippen molar-refractivity contribution >= 4 is 11.8 Å². The number of carbonyl (C=O) groups is 1. The van der Waals surface area contributed by atoms with Crippen molar-refractivity contribution in [2.45, 2.75) is 0 Å². The average molecular weight is 354 g/mol. The van der Waals surface area contributed by atoms with Gasteiger partial charge in [0.05, 0.1) is 33.1 Å². The summed E-state index contributed by atoms with van der Waals surface area (Å²) in [6.45, 7) is 0. The molecule has 0 fully saturated rings. The molecular formula is C19H18N2O5. The zero-order valence-corrected chi connectivity index (χ0v) is 14.6. The summed E-state index contributed by atoms with van der Waals surface area (Å²) in [5.41, 5.74) is 1.87. The summed E-state index contributed by atoms with van der Waals surface area (Å²) in [5, 5.41) is 6.51. The van der Waals surface area contributed by atoms with Crippen LogP contribution in [0.2, 0.25) is 0 Å². The SMILES string of the molecule is COc1ccc(-c2cnoc2NC(=O)c2cc(OC)cc(OC)c2)cc1. The van der Waals surface area contributed by atoms with Gasteiger partial charge in [-0.05, 0) is 29.8 Å². The number of nitrogens with zero attached hydrogens (tertiary/aromatic N) is 1. The molecule has 3 aromatic rings. The standard InChI is InChI=1S/C19H18N2O5/c1-23-14-6-4-12(5-7-14)17-11-20-26-19(17)21-18(22)13-8-15(24-2)10-16(9-13)25-3/h4-11H,1-3H3,(H,21,22). The molecule has 3 rings (SSSR count). The maximum atomic E-state index is 12.6. The van der Waals surface area contributed by atoms with Gasteiger partial charge in [-0.15, -0.1) is 0 Å². The molecule has 0 spiro atoms. The third-order valence-corrected chi connectivity index (χ3v) is 3.81. The van der Waals surface area contributed by atoms with E-state index in [9.17, 15) is 4.79 Å². The van der Waals surface area contributed by atoms with Crippen molar-refractivity contribution in [2.24, 2.45) is 0 Å². The number of aromatic nitrogens is 1. The predicted molar refractivity (Wildman–Crippen MR) is 96.0 cm³/mol. The second-order valence-corrected chi connectivity index (χ2v) is 5.35. The Morgan fingerprint density at radius 2 is 1.54 bits per heavy atom. The van der Waals surface area contributed by atoms with Crippen LogP contribution in [-0.2, 0) is 0 Å². The highest BCUT2D eigenvalue weighted by Gasteiger charge is 2.16. The van der Waals surface area contributed by atoms with E-state index < -0.39 is 0 Å². The predicted octanol–water partition coefficient (Wildman–Crippen LogP) is 3.62. The first-order valence-electron chi connectivity index (χ1n) is 7.78. The van der Waals surface area contributed by atoms with E-state index >= 15 is 0 Å². The number of methoxy groups -OCH3 is 3. The molecule has 0 saturated carbocycles. The van der Waals surface area contributed by atoms with Gasteiger partial charge in [-0.25, -0.2) is 0 Å². The fourth-order valence-corrected chi connectivity index (χ4v) is 2.42. The van der Waals surface area contributed by atoms with E-state index in [-0.39, 0.29) is 11.8 Å². The molecule has 7 heteroatoms. The highest BCUT2D eigenvalue weighted by molar-refractivity contribution is 6.05. The molecule has 0 aliphatic heterocycles. The highest BCUT2D eigenvalue weighted by Crippen LogP contribution is 2.30. The lowest BCUT2D eigenvalue weighted by molar-refractivity contribution is 0.102. The Balaban J connectivity index is 1.86. The van der Waals surface area contributed by atoms with Crippen LogP contribution in [0.1, 0.15) is 10.4 Å². The van der Waals surface area contributed by atoms with E-state index in [1.54, 1.807) is 31.5 Å². The van der Waals surface area contributed by atoms with Crippen LogP contribution in [-0.4, -0.2) is 32.4 Å². The van der Waals surface area contributed by atoms with Crippen LogP contribution >= 0.6 is 0 Å². The Hall–Kier alpha value is -3.48. The molecule has 26 heavy (non-hydrogen) atoms. The Kier molecular flexibility index (Phi) is 5.07. The molecular weight excluding hydrogens is 336 g/mol. The van der Waals surface area contributed by atoms with Crippen molar-refractivity contribution in [1.82, 2.24) is 5.16 Å². The van der Waals surface area contributed by atoms with E-state index in [2.05, 4.69) is 10.5 Å². The summed E-state index contributed by atoms with van der Waals surface area (Å²) in [4.78, 5) is 12.6. The largest absolute Gasteiger partial charge is 0.497 e. The van der Waals surface area contributed by atoms with Gasteiger partial charge in [0.15, 0.2) is 0 Å². The fourth-order valence-electron chi connectivity index (χ4n) is 2.42. The van der Waals surface area contributed by atoms with E-state index in [0.29, 0.717) is 22.6 Å². The van der Waals surface area contributed by atoms with Gasteiger partial charge < -0.3 is 18.7 Å². The van der Waals surface area contributed by atoms with Gasteiger partial charge in [0, 0.05) is 11.6 Å². The summed E-state index contributed by atoms with van der Waals surface area (Å²) in [7, 11) is 4.64. The van der Waals surface area contributed by atoms with Gasteiger partial charge in [0.1, 0.15) is 17.2 Å². The lowest BCUT2D eigenvalue weighted by Crippen LogP contribution is -2.12. The summed E-state index contributed by atoms with van der Waals surface area (Å²) in [6.07, 6.45) is 1.55. The summed E-state index contributed by atoms with van der Waals surface area (Å²) in [6, 6.07) is 12.3. The molecule has 0 saturated heterocycles. The molecule has 0 unspecified atom stereocenters. The Labute approximate surface area is 150 Å². The van der Waals surface area contributed by atoms with Crippen molar-refractivity contribution in [2.75, 3.05) is 26.6 Å². The highest BCUT2D eigenvalue weighted by atomic mass is 16.5. The normalized spacial score (nSPS) is 10.3. The number of anilines is 1. The third kappa shape index (κ3) is 3.61. The van der Waals surface area contributed by atoms with Crippen molar-refractivity contribution in [1.29, 1.82) is 0 Å². The van der Waals surface area contributed by atoms with Gasteiger partial charge in [0.2, 0.25) is 5.88 Å². The van der Waals surface area contributed by atoms with Crippen LogP contribution in [0.5, 0.6) is 17.2 Å². The molecule has 1 heterocycles. The molecule has 0 radical (unpaired) electrons. The Bertz CT molecular complexity index is 880. The van der Waals surface area contributed by atoms with Crippen molar-refractivity contribution in [3.05, 3.63) is 54.2 Å². The molecule has 1 aromatic heterocycles. The van der Waals surface area contributed by atoms with Crippen LogP contribution in [0.25, 0.3) is 11.1 Å². The maximum absolute atomic E-state index is 12.6. The molecule has 7 nitrogen and oxygen atoms in total. The third-order valence-electron chi connectivity index (χ3n) is 3.81. The van der Waals surface area contributed by atoms with Crippen LogP contribution < -0.4 is 19.5 Å². The number of rotatable bonds is 6. The lowest BCUT2D eigenvalue weighted by atomic mass is 10.1.